The fourth-order valence-corrected chi connectivity index (χ4v) is 4.25. The van der Waals surface area contributed by atoms with Gasteiger partial charge in [0.15, 0.2) is 27.4 Å². The summed E-state index contributed by atoms with van der Waals surface area (Å²) in [4.78, 5) is 24.4. The van der Waals surface area contributed by atoms with Gasteiger partial charge in [-0.2, -0.15) is 0 Å². The molecule has 2 rings (SSSR count). The first-order valence-corrected chi connectivity index (χ1v) is 10.1. The minimum absolute atomic E-state index is 0.0537. The van der Waals surface area contributed by atoms with E-state index in [1.54, 1.807) is 13.0 Å². The highest BCUT2D eigenvalue weighted by molar-refractivity contribution is 7.91. The Kier molecular flexibility index (Phi) is 6.47. The third kappa shape index (κ3) is 5.10. The summed E-state index contributed by atoms with van der Waals surface area (Å²) in [5, 5.41) is 2.60. The molecule has 0 radical (unpaired) electrons. The molecular weight excluding hydrogens is 362 g/mol. The number of carbonyl (C=O) groups excluding carboxylic acids is 2. The summed E-state index contributed by atoms with van der Waals surface area (Å²) in [6.07, 6.45) is -0.686. The van der Waals surface area contributed by atoms with Crippen LogP contribution in [-0.2, 0) is 19.4 Å². The van der Waals surface area contributed by atoms with Gasteiger partial charge in [0.25, 0.3) is 5.91 Å². The SMILES string of the molecule is CCOc1cc(C(=O)O[C@H](C)C(=O)N[C@H]2CCS(=O)(=O)C2)ccc1OC. The quantitative estimate of drug-likeness (QED) is 0.696. The fraction of sp³-hybridized carbons (Fsp3) is 0.529. The zero-order valence-electron chi connectivity index (χ0n) is 15.0. The van der Waals surface area contributed by atoms with Gasteiger partial charge in [-0.05, 0) is 38.5 Å². The molecule has 8 nitrogen and oxygen atoms in total. The van der Waals surface area contributed by atoms with Crippen LogP contribution in [0.1, 0.15) is 30.6 Å². The summed E-state index contributed by atoms with van der Waals surface area (Å²) in [5.74, 6) is -0.364. The number of nitrogens with one attached hydrogen (secondary N) is 1. The number of ether oxygens (including phenoxy) is 3. The highest BCUT2D eigenvalue weighted by Gasteiger charge is 2.30. The molecule has 1 fully saturated rings. The van der Waals surface area contributed by atoms with Crippen LogP contribution in [0.5, 0.6) is 11.5 Å². The second-order valence-corrected chi connectivity index (χ2v) is 8.18. The van der Waals surface area contributed by atoms with Crippen LogP contribution in [0.4, 0.5) is 0 Å². The molecule has 1 aliphatic rings. The van der Waals surface area contributed by atoms with Crippen molar-refractivity contribution in [3.05, 3.63) is 23.8 Å². The summed E-state index contributed by atoms with van der Waals surface area (Å²) in [5.41, 5.74) is 0.220. The van der Waals surface area contributed by atoms with Gasteiger partial charge in [-0.3, -0.25) is 4.79 Å². The summed E-state index contributed by atoms with van der Waals surface area (Å²) in [7, 11) is -1.61. The molecule has 144 valence electrons. The summed E-state index contributed by atoms with van der Waals surface area (Å²) in [6, 6.07) is 4.13. The molecule has 0 aromatic heterocycles. The van der Waals surface area contributed by atoms with Gasteiger partial charge in [0, 0.05) is 6.04 Å². The molecule has 1 heterocycles. The van der Waals surface area contributed by atoms with Crippen LogP contribution in [0, 0.1) is 0 Å². The number of esters is 1. The fourth-order valence-electron chi connectivity index (χ4n) is 2.58. The number of benzene rings is 1. The summed E-state index contributed by atoms with van der Waals surface area (Å²) < 4.78 is 38.6. The molecule has 1 aliphatic heterocycles. The second-order valence-electron chi connectivity index (χ2n) is 5.95. The molecular formula is C17H23NO7S. The van der Waals surface area contributed by atoms with E-state index in [1.165, 1.54) is 26.2 Å². The zero-order valence-corrected chi connectivity index (χ0v) is 15.8. The van der Waals surface area contributed by atoms with E-state index in [2.05, 4.69) is 5.32 Å². The van der Waals surface area contributed by atoms with Crippen LogP contribution in [0.3, 0.4) is 0 Å². The van der Waals surface area contributed by atoms with Crippen molar-refractivity contribution in [3.8, 4) is 11.5 Å². The summed E-state index contributed by atoms with van der Waals surface area (Å²) in [6.45, 7) is 3.64. The lowest BCUT2D eigenvalue weighted by Gasteiger charge is -2.17. The average Bonchev–Trinajstić information content (AvgIpc) is 2.93. The first-order valence-electron chi connectivity index (χ1n) is 8.28. The molecule has 1 saturated heterocycles. The van der Waals surface area contributed by atoms with Crippen LogP contribution in [0.15, 0.2) is 18.2 Å². The maximum absolute atomic E-state index is 12.3. The van der Waals surface area contributed by atoms with E-state index in [0.717, 1.165) is 0 Å². The Morgan fingerprint density at radius 2 is 2.04 bits per heavy atom. The Bertz CT molecular complexity index is 775. The van der Waals surface area contributed by atoms with Gasteiger partial charge in [0.05, 0.1) is 30.8 Å². The van der Waals surface area contributed by atoms with Crippen molar-refractivity contribution < 1.29 is 32.2 Å². The largest absolute Gasteiger partial charge is 0.493 e. The minimum atomic E-state index is -3.10. The van der Waals surface area contributed by atoms with Crippen LogP contribution in [0.2, 0.25) is 0 Å². The highest BCUT2D eigenvalue weighted by atomic mass is 32.2. The lowest BCUT2D eigenvalue weighted by molar-refractivity contribution is -0.129. The second kappa shape index (κ2) is 8.39. The molecule has 0 unspecified atom stereocenters. The third-order valence-electron chi connectivity index (χ3n) is 3.93. The summed E-state index contributed by atoms with van der Waals surface area (Å²) >= 11 is 0. The minimum Gasteiger partial charge on any atom is -0.493 e. The van der Waals surface area contributed by atoms with Gasteiger partial charge in [-0.25, -0.2) is 13.2 Å². The van der Waals surface area contributed by atoms with Crippen LogP contribution < -0.4 is 14.8 Å². The smallest absolute Gasteiger partial charge is 0.339 e. The van der Waals surface area contributed by atoms with Crippen molar-refractivity contribution in [1.29, 1.82) is 0 Å². The normalized spacial score (nSPS) is 19.4. The first-order chi connectivity index (χ1) is 12.3. The molecule has 1 N–H and O–H groups in total. The highest BCUT2D eigenvalue weighted by Crippen LogP contribution is 2.28. The van der Waals surface area contributed by atoms with E-state index >= 15 is 0 Å². The Balaban J connectivity index is 1.98. The standard InChI is InChI=1S/C17H23NO7S/c1-4-24-15-9-12(5-6-14(15)23-3)17(20)25-11(2)16(19)18-13-7-8-26(21,22)10-13/h5-6,9,11,13H,4,7-8,10H2,1-3H3,(H,18,19)/t11-,13+/m1/s1. The van der Waals surface area contributed by atoms with E-state index in [-0.39, 0.29) is 17.1 Å². The number of carbonyl (C=O) groups is 2. The molecule has 26 heavy (non-hydrogen) atoms. The number of amides is 1. The Labute approximate surface area is 152 Å². The van der Waals surface area contributed by atoms with Gasteiger partial charge in [0.1, 0.15) is 0 Å². The molecule has 9 heteroatoms. The number of rotatable bonds is 7. The van der Waals surface area contributed by atoms with Gasteiger partial charge in [-0.1, -0.05) is 0 Å². The molecule has 1 aromatic carbocycles. The monoisotopic (exact) mass is 385 g/mol. The molecule has 2 atom stereocenters. The number of hydrogen-bond donors (Lipinski definition) is 1. The van der Waals surface area contributed by atoms with Gasteiger partial charge in [0.2, 0.25) is 0 Å². The van der Waals surface area contributed by atoms with Gasteiger partial charge in [-0.15, -0.1) is 0 Å². The maximum Gasteiger partial charge on any atom is 0.339 e. The van der Waals surface area contributed by atoms with Crippen molar-refractivity contribution in [2.75, 3.05) is 25.2 Å². The molecule has 0 bridgehead atoms. The van der Waals surface area contributed by atoms with E-state index in [0.29, 0.717) is 24.5 Å². The Morgan fingerprint density at radius 1 is 1.31 bits per heavy atom. The van der Waals surface area contributed by atoms with E-state index in [4.69, 9.17) is 14.2 Å². The predicted molar refractivity (Wildman–Crippen MR) is 94.2 cm³/mol. The molecule has 1 amide bonds. The lowest BCUT2D eigenvalue weighted by Crippen LogP contribution is -2.42. The third-order valence-corrected chi connectivity index (χ3v) is 5.70. The van der Waals surface area contributed by atoms with Crippen molar-refractivity contribution in [1.82, 2.24) is 5.32 Å². The topological polar surface area (TPSA) is 108 Å². The van der Waals surface area contributed by atoms with Gasteiger partial charge < -0.3 is 19.5 Å². The molecule has 1 aromatic rings. The van der Waals surface area contributed by atoms with E-state index in [9.17, 15) is 18.0 Å². The molecule has 0 aliphatic carbocycles. The van der Waals surface area contributed by atoms with Crippen LogP contribution in [0.25, 0.3) is 0 Å². The van der Waals surface area contributed by atoms with Crippen molar-refractivity contribution in [2.24, 2.45) is 0 Å². The molecule has 0 saturated carbocycles. The lowest BCUT2D eigenvalue weighted by atomic mass is 10.2. The van der Waals surface area contributed by atoms with Gasteiger partial charge >= 0.3 is 5.97 Å². The first kappa shape index (κ1) is 20.0. The average molecular weight is 385 g/mol. The maximum atomic E-state index is 12.3. The van der Waals surface area contributed by atoms with E-state index in [1.807, 2.05) is 0 Å². The number of methoxy groups -OCH3 is 1. The Hall–Kier alpha value is -2.29. The van der Waals surface area contributed by atoms with Crippen LogP contribution in [-0.4, -0.2) is 57.7 Å². The molecule has 0 spiro atoms. The van der Waals surface area contributed by atoms with Crippen LogP contribution >= 0.6 is 0 Å². The van der Waals surface area contributed by atoms with Crippen molar-refractivity contribution in [2.45, 2.75) is 32.4 Å². The van der Waals surface area contributed by atoms with Crippen molar-refractivity contribution >= 4 is 21.7 Å². The number of sulfone groups is 1. The zero-order chi connectivity index (χ0) is 19.3. The Morgan fingerprint density at radius 3 is 2.62 bits per heavy atom. The van der Waals surface area contributed by atoms with E-state index < -0.39 is 33.9 Å². The predicted octanol–water partition coefficient (Wildman–Crippen LogP) is 0.943. The number of hydrogen-bond acceptors (Lipinski definition) is 7. The van der Waals surface area contributed by atoms with Crippen molar-refractivity contribution in [3.63, 3.8) is 0 Å².